The molecular formula is C17H25ClN2O3. The van der Waals surface area contributed by atoms with Crippen molar-refractivity contribution in [2.45, 2.75) is 37.8 Å². The normalized spacial score (nSPS) is 22.7. The van der Waals surface area contributed by atoms with Gasteiger partial charge in [-0.3, -0.25) is 4.79 Å². The van der Waals surface area contributed by atoms with Crippen LogP contribution in [0.15, 0.2) is 24.3 Å². The lowest BCUT2D eigenvalue weighted by Gasteiger charge is -2.28. The zero-order chi connectivity index (χ0) is 15.4. The van der Waals surface area contributed by atoms with Gasteiger partial charge >= 0.3 is 0 Å². The molecule has 23 heavy (non-hydrogen) atoms. The van der Waals surface area contributed by atoms with Crippen LogP contribution in [0.5, 0.6) is 5.75 Å². The van der Waals surface area contributed by atoms with E-state index in [4.69, 9.17) is 15.2 Å². The highest BCUT2D eigenvalue weighted by molar-refractivity contribution is 5.85. The third-order valence-corrected chi connectivity index (χ3v) is 4.58. The molecule has 0 aliphatic carbocycles. The van der Waals surface area contributed by atoms with Gasteiger partial charge in [0.05, 0.1) is 18.7 Å². The Labute approximate surface area is 143 Å². The highest BCUT2D eigenvalue weighted by Crippen LogP contribution is 2.31. The van der Waals surface area contributed by atoms with Gasteiger partial charge in [-0.15, -0.1) is 12.4 Å². The second kappa shape index (κ2) is 8.52. The van der Waals surface area contributed by atoms with Crippen LogP contribution in [-0.2, 0) is 9.53 Å². The largest absolute Gasteiger partial charge is 0.493 e. The predicted octanol–water partition coefficient (Wildman–Crippen LogP) is 2.19. The number of para-hydroxylation sites is 1. The molecule has 3 N–H and O–H groups in total. The number of fused-ring (bicyclic) bond motifs is 1. The van der Waals surface area contributed by atoms with Crippen LogP contribution in [0.25, 0.3) is 0 Å². The molecule has 2 aliphatic rings. The van der Waals surface area contributed by atoms with E-state index in [0.29, 0.717) is 19.8 Å². The van der Waals surface area contributed by atoms with Crippen molar-refractivity contribution in [1.29, 1.82) is 0 Å². The van der Waals surface area contributed by atoms with Crippen molar-refractivity contribution in [3.63, 3.8) is 0 Å². The van der Waals surface area contributed by atoms with Gasteiger partial charge in [0.1, 0.15) is 5.75 Å². The first kappa shape index (κ1) is 18.0. The topological polar surface area (TPSA) is 73.6 Å². The summed E-state index contributed by atoms with van der Waals surface area (Å²) in [7, 11) is 0. The fraction of sp³-hybridized carbons (Fsp3) is 0.588. The molecule has 0 bridgehead atoms. The first-order chi connectivity index (χ1) is 10.8. The summed E-state index contributed by atoms with van der Waals surface area (Å²) in [6.07, 6.45) is 3.52. The number of hydrogen-bond acceptors (Lipinski definition) is 4. The maximum atomic E-state index is 12.5. The van der Waals surface area contributed by atoms with Crippen LogP contribution in [0.3, 0.4) is 0 Å². The average molecular weight is 341 g/mol. The Balaban J connectivity index is 0.00000192. The number of ether oxygens (including phenoxy) is 2. The highest BCUT2D eigenvalue weighted by atomic mass is 35.5. The lowest BCUT2D eigenvalue weighted by molar-refractivity contribution is -0.125. The fourth-order valence-electron chi connectivity index (χ4n) is 3.23. The smallest absolute Gasteiger partial charge is 0.237 e. The van der Waals surface area contributed by atoms with Crippen molar-refractivity contribution >= 4 is 18.3 Å². The molecule has 1 aromatic rings. The molecule has 6 heteroatoms. The second-order valence-electron chi connectivity index (χ2n) is 6.07. The fourth-order valence-corrected chi connectivity index (χ4v) is 3.23. The summed E-state index contributed by atoms with van der Waals surface area (Å²) in [6.45, 7) is 2.09. The van der Waals surface area contributed by atoms with Crippen molar-refractivity contribution in [3.8, 4) is 5.75 Å². The Morgan fingerprint density at radius 3 is 2.70 bits per heavy atom. The average Bonchev–Trinajstić information content (AvgIpc) is 2.77. The SMILES string of the molecule is Cl.NC(C(=O)NC1CCCOc2ccccc21)C1CCOCC1. The van der Waals surface area contributed by atoms with E-state index >= 15 is 0 Å². The van der Waals surface area contributed by atoms with E-state index in [2.05, 4.69) is 5.32 Å². The van der Waals surface area contributed by atoms with Gasteiger partial charge in [-0.2, -0.15) is 0 Å². The minimum Gasteiger partial charge on any atom is -0.493 e. The summed E-state index contributed by atoms with van der Waals surface area (Å²) >= 11 is 0. The third kappa shape index (κ3) is 4.37. The first-order valence-electron chi connectivity index (χ1n) is 8.11. The third-order valence-electron chi connectivity index (χ3n) is 4.58. The number of benzene rings is 1. The standard InChI is InChI=1S/C17H24N2O3.ClH/c18-16(12-7-10-21-11-8-12)17(20)19-14-5-3-9-22-15-6-2-1-4-13(14)15;/h1-2,4,6,12,14,16H,3,5,7-11,18H2,(H,19,20);1H. The van der Waals surface area contributed by atoms with Gasteiger partial charge in [-0.25, -0.2) is 0 Å². The zero-order valence-corrected chi connectivity index (χ0v) is 14.0. The van der Waals surface area contributed by atoms with Crippen molar-refractivity contribution < 1.29 is 14.3 Å². The van der Waals surface area contributed by atoms with E-state index in [1.165, 1.54) is 0 Å². The van der Waals surface area contributed by atoms with Gasteiger partial charge in [0.25, 0.3) is 0 Å². The highest BCUT2D eigenvalue weighted by Gasteiger charge is 2.29. The lowest BCUT2D eigenvalue weighted by Crippen LogP contribution is -2.48. The molecule has 0 aromatic heterocycles. The van der Waals surface area contributed by atoms with Crippen LogP contribution in [0, 0.1) is 5.92 Å². The van der Waals surface area contributed by atoms with E-state index in [-0.39, 0.29) is 30.3 Å². The quantitative estimate of drug-likeness (QED) is 0.884. The van der Waals surface area contributed by atoms with Gasteiger partial charge < -0.3 is 20.5 Å². The maximum absolute atomic E-state index is 12.5. The van der Waals surface area contributed by atoms with Crippen LogP contribution in [-0.4, -0.2) is 31.8 Å². The molecule has 1 aromatic carbocycles. The van der Waals surface area contributed by atoms with Crippen LogP contribution in [0.4, 0.5) is 0 Å². The summed E-state index contributed by atoms with van der Waals surface area (Å²) in [6, 6.07) is 7.43. The van der Waals surface area contributed by atoms with Crippen LogP contribution in [0.2, 0.25) is 0 Å². The summed E-state index contributed by atoms with van der Waals surface area (Å²) in [5, 5.41) is 3.13. The van der Waals surface area contributed by atoms with Crippen LogP contribution in [0.1, 0.15) is 37.3 Å². The lowest BCUT2D eigenvalue weighted by atomic mass is 9.91. The molecule has 1 saturated heterocycles. The number of carbonyl (C=O) groups excluding carboxylic acids is 1. The number of nitrogens with one attached hydrogen (secondary N) is 1. The van der Waals surface area contributed by atoms with Crippen molar-refractivity contribution in [1.82, 2.24) is 5.32 Å². The molecule has 128 valence electrons. The Morgan fingerprint density at radius 1 is 1.17 bits per heavy atom. The Bertz CT molecular complexity index is 520. The van der Waals surface area contributed by atoms with Gasteiger partial charge in [-0.05, 0) is 37.7 Å². The van der Waals surface area contributed by atoms with Gasteiger partial charge in [-0.1, -0.05) is 18.2 Å². The van der Waals surface area contributed by atoms with Crippen LogP contribution >= 0.6 is 12.4 Å². The molecule has 2 atom stereocenters. The number of hydrogen-bond donors (Lipinski definition) is 2. The minimum atomic E-state index is -0.458. The molecule has 5 nitrogen and oxygen atoms in total. The Morgan fingerprint density at radius 2 is 1.91 bits per heavy atom. The number of halogens is 1. The van der Waals surface area contributed by atoms with E-state index in [1.807, 2.05) is 24.3 Å². The summed E-state index contributed by atoms with van der Waals surface area (Å²) in [4.78, 5) is 12.5. The van der Waals surface area contributed by atoms with Crippen LogP contribution < -0.4 is 15.8 Å². The van der Waals surface area contributed by atoms with Gasteiger partial charge in [0.15, 0.2) is 0 Å². The molecule has 0 saturated carbocycles. The van der Waals surface area contributed by atoms with E-state index in [1.54, 1.807) is 0 Å². The number of amides is 1. The minimum absolute atomic E-state index is 0. The number of rotatable bonds is 3. The van der Waals surface area contributed by atoms with E-state index < -0.39 is 6.04 Å². The predicted molar refractivity (Wildman–Crippen MR) is 90.8 cm³/mol. The molecule has 3 rings (SSSR count). The Kier molecular flexibility index (Phi) is 6.69. The molecule has 2 unspecified atom stereocenters. The van der Waals surface area contributed by atoms with E-state index in [0.717, 1.165) is 37.0 Å². The Hall–Kier alpha value is -1.30. The van der Waals surface area contributed by atoms with Crippen molar-refractivity contribution in [3.05, 3.63) is 29.8 Å². The second-order valence-corrected chi connectivity index (χ2v) is 6.07. The monoisotopic (exact) mass is 340 g/mol. The van der Waals surface area contributed by atoms with Gasteiger partial charge in [0, 0.05) is 18.8 Å². The summed E-state index contributed by atoms with van der Waals surface area (Å²) in [5.41, 5.74) is 7.22. The molecule has 0 spiro atoms. The molecule has 2 aliphatic heterocycles. The molecular weight excluding hydrogens is 316 g/mol. The maximum Gasteiger partial charge on any atom is 0.237 e. The first-order valence-corrected chi connectivity index (χ1v) is 8.11. The zero-order valence-electron chi connectivity index (χ0n) is 13.2. The summed E-state index contributed by atoms with van der Waals surface area (Å²) in [5.74, 6) is 1.02. The van der Waals surface area contributed by atoms with E-state index in [9.17, 15) is 4.79 Å². The molecule has 1 fully saturated rings. The van der Waals surface area contributed by atoms with Crippen molar-refractivity contribution in [2.75, 3.05) is 19.8 Å². The molecule has 2 heterocycles. The molecule has 0 radical (unpaired) electrons. The molecule has 1 amide bonds. The summed E-state index contributed by atoms with van der Waals surface area (Å²) < 4.78 is 11.1. The number of nitrogens with two attached hydrogens (primary N) is 1. The number of carbonyl (C=O) groups is 1. The van der Waals surface area contributed by atoms with Gasteiger partial charge in [0.2, 0.25) is 5.91 Å². The van der Waals surface area contributed by atoms with Crippen molar-refractivity contribution in [2.24, 2.45) is 11.7 Å².